The molecule has 1 atom stereocenters. The van der Waals surface area contributed by atoms with Gasteiger partial charge in [0, 0.05) is 15.1 Å². The molecule has 1 unspecified atom stereocenters. The van der Waals surface area contributed by atoms with Gasteiger partial charge in [0.15, 0.2) is 0 Å². The van der Waals surface area contributed by atoms with Crippen LogP contribution in [0.2, 0.25) is 5.02 Å². The minimum Gasteiger partial charge on any atom is -0.494 e. The Morgan fingerprint density at radius 1 is 1.29 bits per heavy atom. The molecule has 21 heavy (non-hydrogen) atoms. The molecule has 0 radical (unpaired) electrons. The first-order valence-electron chi connectivity index (χ1n) is 6.52. The zero-order chi connectivity index (χ0) is 15.4. The number of halogens is 4. The molecule has 1 nitrogen and oxygen atoms in total. The SMILES string of the molecule is CCOc1ccc(C(Cl)Cc2c(F)cccc2Cl)c(Br)c1. The van der Waals surface area contributed by atoms with Crippen LogP contribution in [0.4, 0.5) is 4.39 Å². The zero-order valence-electron chi connectivity index (χ0n) is 11.4. The lowest BCUT2D eigenvalue weighted by molar-refractivity contribution is 0.340. The Morgan fingerprint density at radius 2 is 2.05 bits per heavy atom. The number of benzene rings is 2. The van der Waals surface area contributed by atoms with Crippen LogP contribution in [0, 0.1) is 5.82 Å². The summed E-state index contributed by atoms with van der Waals surface area (Å²) in [6.45, 7) is 2.52. The van der Waals surface area contributed by atoms with Crippen molar-refractivity contribution in [2.24, 2.45) is 0 Å². The Bertz CT molecular complexity index is 613. The standard InChI is InChI=1S/C16H14BrCl2FO/c1-2-21-10-6-7-11(13(17)8-10)15(19)9-12-14(18)4-3-5-16(12)20/h3-8,15H,2,9H2,1H3. The normalized spacial score (nSPS) is 12.2. The van der Waals surface area contributed by atoms with Crippen LogP contribution in [0.1, 0.15) is 23.4 Å². The molecule has 0 saturated heterocycles. The van der Waals surface area contributed by atoms with E-state index in [0.717, 1.165) is 15.8 Å². The van der Waals surface area contributed by atoms with Gasteiger partial charge in [-0.3, -0.25) is 0 Å². The molecule has 2 aromatic carbocycles. The summed E-state index contributed by atoms with van der Waals surface area (Å²) in [4.78, 5) is 0. The fraction of sp³-hybridized carbons (Fsp3) is 0.250. The Morgan fingerprint density at radius 3 is 2.67 bits per heavy atom. The second-order valence-corrected chi connectivity index (χ2v) is 6.28. The van der Waals surface area contributed by atoms with E-state index in [9.17, 15) is 4.39 Å². The summed E-state index contributed by atoms with van der Waals surface area (Å²) in [7, 11) is 0. The van der Waals surface area contributed by atoms with E-state index in [1.807, 2.05) is 25.1 Å². The maximum atomic E-state index is 13.8. The first kappa shape index (κ1) is 16.6. The summed E-state index contributed by atoms with van der Waals surface area (Å²) in [6.07, 6.45) is 0.319. The molecule has 0 saturated carbocycles. The molecule has 112 valence electrons. The molecule has 0 aromatic heterocycles. The third-order valence-corrected chi connectivity index (χ3v) is 4.50. The van der Waals surface area contributed by atoms with Crippen molar-refractivity contribution in [2.75, 3.05) is 6.61 Å². The fourth-order valence-corrected chi connectivity index (χ4v) is 3.39. The molecule has 0 aliphatic heterocycles. The molecule has 0 aliphatic rings. The number of ether oxygens (including phenoxy) is 1. The van der Waals surface area contributed by atoms with Gasteiger partial charge in [0.25, 0.3) is 0 Å². The van der Waals surface area contributed by atoms with Gasteiger partial charge in [0.2, 0.25) is 0 Å². The van der Waals surface area contributed by atoms with Crippen molar-refractivity contribution in [1.82, 2.24) is 0 Å². The van der Waals surface area contributed by atoms with Gasteiger partial charge < -0.3 is 4.74 Å². The molecule has 0 bridgehead atoms. The van der Waals surface area contributed by atoms with Crippen molar-refractivity contribution in [3.63, 3.8) is 0 Å². The number of rotatable bonds is 5. The van der Waals surface area contributed by atoms with E-state index in [0.29, 0.717) is 23.6 Å². The van der Waals surface area contributed by atoms with Crippen LogP contribution in [0.15, 0.2) is 40.9 Å². The Kier molecular flexibility index (Phi) is 5.91. The summed E-state index contributed by atoms with van der Waals surface area (Å²) in [6, 6.07) is 10.2. The lowest BCUT2D eigenvalue weighted by Gasteiger charge is -2.14. The van der Waals surface area contributed by atoms with Crippen LogP contribution in [-0.4, -0.2) is 6.61 Å². The second kappa shape index (κ2) is 7.48. The fourth-order valence-electron chi connectivity index (χ4n) is 2.03. The van der Waals surface area contributed by atoms with Crippen molar-refractivity contribution in [2.45, 2.75) is 18.7 Å². The lowest BCUT2D eigenvalue weighted by atomic mass is 10.0. The molecule has 5 heteroatoms. The molecule has 0 heterocycles. The van der Waals surface area contributed by atoms with E-state index in [1.54, 1.807) is 12.1 Å². The highest BCUT2D eigenvalue weighted by Gasteiger charge is 2.17. The van der Waals surface area contributed by atoms with E-state index >= 15 is 0 Å². The average Bonchev–Trinajstić information content (AvgIpc) is 2.43. The topological polar surface area (TPSA) is 9.23 Å². The van der Waals surface area contributed by atoms with Crippen molar-refractivity contribution in [3.8, 4) is 5.75 Å². The molecule has 0 aliphatic carbocycles. The van der Waals surface area contributed by atoms with Crippen LogP contribution in [0.25, 0.3) is 0 Å². The van der Waals surface area contributed by atoms with Gasteiger partial charge >= 0.3 is 0 Å². The highest BCUT2D eigenvalue weighted by atomic mass is 79.9. The van der Waals surface area contributed by atoms with E-state index in [1.165, 1.54) is 6.07 Å². The summed E-state index contributed by atoms with van der Waals surface area (Å²) in [5.41, 5.74) is 1.30. The third kappa shape index (κ3) is 4.12. The summed E-state index contributed by atoms with van der Waals surface area (Å²) < 4.78 is 20.1. The molecule has 0 N–H and O–H groups in total. The van der Waals surface area contributed by atoms with Gasteiger partial charge in [-0.05, 0) is 43.2 Å². The minimum atomic E-state index is -0.385. The van der Waals surface area contributed by atoms with Crippen molar-refractivity contribution in [1.29, 1.82) is 0 Å². The Hall–Kier alpha value is -0.770. The maximum absolute atomic E-state index is 13.8. The van der Waals surface area contributed by atoms with Gasteiger partial charge in [-0.2, -0.15) is 0 Å². The predicted molar refractivity (Wildman–Crippen MR) is 89.0 cm³/mol. The van der Waals surface area contributed by atoms with Crippen LogP contribution in [0.3, 0.4) is 0 Å². The van der Waals surface area contributed by atoms with Gasteiger partial charge in [0.1, 0.15) is 11.6 Å². The van der Waals surface area contributed by atoms with Crippen LogP contribution in [-0.2, 0) is 6.42 Å². The molecule has 0 spiro atoms. The monoisotopic (exact) mass is 390 g/mol. The molecule has 2 aromatic rings. The largest absolute Gasteiger partial charge is 0.494 e. The van der Waals surface area contributed by atoms with E-state index < -0.39 is 0 Å². The Labute approximate surface area is 142 Å². The lowest BCUT2D eigenvalue weighted by Crippen LogP contribution is -2.01. The second-order valence-electron chi connectivity index (χ2n) is 4.49. The van der Waals surface area contributed by atoms with Crippen molar-refractivity contribution in [3.05, 3.63) is 62.8 Å². The third-order valence-electron chi connectivity index (χ3n) is 3.07. The van der Waals surface area contributed by atoms with Gasteiger partial charge in [-0.15, -0.1) is 11.6 Å². The van der Waals surface area contributed by atoms with Gasteiger partial charge in [0.05, 0.1) is 12.0 Å². The molecular weight excluding hydrogens is 378 g/mol. The first-order valence-corrected chi connectivity index (χ1v) is 8.12. The Balaban J connectivity index is 2.22. The molecular formula is C16H14BrCl2FO. The number of hydrogen-bond acceptors (Lipinski definition) is 1. The maximum Gasteiger partial charge on any atom is 0.127 e. The van der Waals surface area contributed by atoms with Gasteiger partial charge in [-0.25, -0.2) is 4.39 Å². The quantitative estimate of drug-likeness (QED) is 0.554. The van der Waals surface area contributed by atoms with Crippen molar-refractivity contribution >= 4 is 39.1 Å². The highest BCUT2D eigenvalue weighted by molar-refractivity contribution is 9.10. The molecule has 0 fully saturated rings. The average molecular weight is 392 g/mol. The summed E-state index contributed by atoms with van der Waals surface area (Å²) in [5, 5.41) is 0.00663. The predicted octanol–water partition coefficient (Wildman–Crippen LogP) is 6.16. The van der Waals surface area contributed by atoms with Crippen LogP contribution >= 0.6 is 39.1 Å². The first-order chi connectivity index (χ1) is 10.0. The van der Waals surface area contributed by atoms with Crippen LogP contribution in [0.5, 0.6) is 5.75 Å². The zero-order valence-corrected chi connectivity index (χ0v) is 14.5. The summed E-state index contributed by atoms with van der Waals surface area (Å²) in [5.74, 6) is 0.427. The molecule has 0 amide bonds. The van der Waals surface area contributed by atoms with E-state index in [4.69, 9.17) is 27.9 Å². The van der Waals surface area contributed by atoms with Crippen molar-refractivity contribution < 1.29 is 9.13 Å². The van der Waals surface area contributed by atoms with Gasteiger partial charge in [-0.1, -0.05) is 39.7 Å². The molecule has 2 rings (SSSR count). The van der Waals surface area contributed by atoms with E-state index in [2.05, 4.69) is 15.9 Å². The number of alkyl halides is 1. The minimum absolute atomic E-state index is 0.319. The van der Waals surface area contributed by atoms with E-state index in [-0.39, 0.29) is 11.2 Å². The summed E-state index contributed by atoms with van der Waals surface area (Å²) >= 11 is 15.9. The smallest absolute Gasteiger partial charge is 0.127 e. The highest BCUT2D eigenvalue weighted by Crippen LogP contribution is 2.35. The number of hydrogen-bond donors (Lipinski definition) is 0. The van der Waals surface area contributed by atoms with Crippen LogP contribution < -0.4 is 4.74 Å².